The van der Waals surface area contributed by atoms with Crippen molar-refractivity contribution < 1.29 is 14.3 Å². The molecule has 0 radical (unpaired) electrons. The van der Waals surface area contributed by atoms with Crippen molar-refractivity contribution in [2.45, 2.75) is 25.9 Å². The maximum Gasteiger partial charge on any atom is 0.244 e. The molecule has 2 heterocycles. The summed E-state index contributed by atoms with van der Waals surface area (Å²) in [5.74, 6) is 0.573. The molecule has 1 aromatic carbocycles. The van der Waals surface area contributed by atoms with Crippen molar-refractivity contribution in [1.82, 2.24) is 10.3 Å². The Labute approximate surface area is 177 Å². The van der Waals surface area contributed by atoms with Gasteiger partial charge in [-0.15, -0.1) is 11.3 Å². The SMILES string of the molecule is CC(=O)C1=CC=C(c2cc(Cl)c3c(c2)CC(CNC(=O)/C=C/c2nccs2)O3)C1. The van der Waals surface area contributed by atoms with Crippen LogP contribution in [0.3, 0.4) is 0 Å². The van der Waals surface area contributed by atoms with E-state index < -0.39 is 0 Å². The highest BCUT2D eigenvalue weighted by Crippen LogP contribution is 2.40. The molecule has 1 N–H and O–H groups in total. The van der Waals surface area contributed by atoms with Crippen molar-refractivity contribution in [2.24, 2.45) is 0 Å². The molecule has 0 bridgehead atoms. The lowest BCUT2D eigenvalue weighted by Gasteiger charge is -2.11. The van der Waals surface area contributed by atoms with Crippen molar-refractivity contribution in [3.8, 4) is 5.75 Å². The molecule has 4 rings (SSSR count). The Balaban J connectivity index is 1.36. The molecule has 1 amide bonds. The van der Waals surface area contributed by atoms with E-state index in [0.717, 1.165) is 27.3 Å². The summed E-state index contributed by atoms with van der Waals surface area (Å²) >= 11 is 7.92. The maximum atomic E-state index is 12.0. The third kappa shape index (κ3) is 4.49. The number of allylic oxidation sites excluding steroid dienone is 4. The Morgan fingerprint density at radius 3 is 2.97 bits per heavy atom. The Hall–Kier alpha value is -2.70. The number of ether oxygens (including phenoxy) is 1. The van der Waals surface area contributed by atoms with Crippen molar-refractivity contribution in [1.29, 1.82) is 0 Å². The van der Waals surface area contributed by atoms with Gasteiger partial charge in [-0.25, -0.2) is 4.98 Å². The van der Waals surface area contributed by atoms with Gasteiger partial charge in [-0.3, -0.25) is 9.59 Å². The molecule has 2 aliphatic rings. The lowest BCUT2D eigenvalue weighted by Crippen LogP contribution is -2.33. The van der Waals surface area contributed by atoms with Gasteiger partial charge in [0.1, 0.15) is 16.9 Å². The molecule has 148 valence electrons. The van der Waals surface area contributed by atoms with E-state index >= 15 is 0 Å². The summed E-state index contributed by atoms with van der Waals surface area (Å²) in [4.78, 5) is 27.7. The lowest BCUT2D eigenvalue weighted by molar-refractivity contribution is -0.116. The first kappa shape index (κ1) is 19.6. The largest absolute Gasteiger partial charge is 0.486 e. The minimum Gasteiger partial charge on any atom is -0.486 e. The Kier molecular flexibility index (Phi) is 5.65. The average molecular weight is 427 g/mol. The number of rotatable bonds is 6. The van der Waals surface area contributed by atoms with Crippen molar-refractivity contribution in [2.75, 3.05) is 6.54 Å². The number of carbonyl (C=O) groups is 2. The minimum absolute atomic E-state index is 0.0894. The van der Waals surface area contributed by atoms with Crippen molar-refractivity contribution in [3.63, 3.8) is 0 Å². The fourth-order valence-corrected chi connectivity index (χ4v) is 4.20. The van der Waals surface area contributed by atoms with E-state index in [2.05, 4.69) is 16.4 Å². The second kappa shape index (κ2) is 8.35. The molecule has 5 nitrogen and oxygen atoms in total. The van der Waals surface area contributed by atoms with E-state index in [1.54, 1.807) is 19.2 Å². The van der Waals surface area contributed by atoms with E-state index in [1.807, 2.05) is 23.6 Å². The summed E-state index contributed by atoms with van der Waals surface area (Å²) in [7, 11) is 0. The number of hydrogen-bond acceptors (Lipinski definition) is 5. The van der Waals surface area contributed by atoms with Gasteiger partial charge in [-0.1, -0.05) is 23.8 Å². The number of amides is 1. The monoisotopic (exact) mass is 426 g/mol. The molecule has 0 saturated carbocycles. The van der Waals surface area contributed by atoms with Crippen LogP contribution in [-0.4, -0.2) is 29.3 Å². The second-order valence-electron chi connectivity index (χ2n) is 6.96. The minimum atomic E-state index is -0.189. The Morgan fingerprint density at radius 1 is 1.38 bits per heavy atom. The first-order valence-electron chi connectivity index (χ1n) is 9.25. The van der Waals surface area contributed by atoms with E-state index in [9.17, 15) is 9.59 Å². The third-order valence-electron chi connectivity index (χ3n) is 4.87. The number of fused-ring (bicyclic) bond motifs is 1. The molecule has 0 spiro atoms. The molecule has 0 saturated heterocycles. The molecule has 1 aliphatic carbocycles. The lowest BCUT2D eigenvalue weighted by atomic mass is 9.98. The topological polar surface area (TPSA) is 68.3 Å². The van der Waals surface area contributed by atoms with Gasteiger partial charge in [0, 0.05) is 36.1 Å². The van der Waals surface area contributed by atoms with E-state index in [4.69, 9.17) is 16.3 Å². The molecular formula is C22H19ClN2O3S. The van der Waals surface area contributed by atoms with Gasteiger partial charge in [0.25, 0.3) is 0 Å². The number of hydrogen-bond donors (Lipinski definition) is 1. The van der Waals surface area contributed by atoms with Crippen LogP contribution in [0, 0.1) is 0 Å². The molecule has 1 unspecified atom stereocenters. The summed E-state index contributed by atoms with van der Waals surface area (Å²) in [6, 6.07) is 3.94. The number of nitrogens with one attached hydrogen (secondary N) is 1. The number of thiazole rings is 1. The highest BCUT2D eigenvalue weighted by Gasteiger charge is 2.27. The predicted octanol–water partition coefficient (Wildman–Crippen LogP) is 4.23. The zero-order chi connectivity index (χ0) is 20.4. The standard InChI is InChI=1S/C22H19ClN2O3S/c1-13(26)14-2-3-15(8-14)16-9-17-10-18(28-22(17)19(23)11-16)12-25-20(27)4-5-21-24-6-7-29-21/h2-7,9,11,18H,8,10,12H2,1H3,(H,25,27)/b5-4+. The number of nitrogens with zero attached hydrogens (tertiary/aromatic N) is 1. The van der Waals surface area contributed by atoms with Gasteiger partial charge in [-0.05, 0) is 41.8 Å². The summed E-state index contributed by atoms with van der Waals surface area (Å²) in [6.45, 7) is 1.97. The normalized spacial score (nSPS) is 17.7. The van der Waals surface area contributed by atoms with Crippen LogP contribution in [0.1, 0.15) is 29.5 Å². The molecule has 1 aromatic heterocycles. The van der Waals surface area contributed by atoms with Crippen LogP contribution in [0.4, 0.5) is 0 Å². The molecule has 1 atom stereocenters. The number of benzene rings is 1. The van der Waals surface area contributed by atoms with Gasteiger partial charge in [-0.2, -0.15) is 0 Å². The molecule has 7 heteroatoms. The Bertz CT molecular complexity index is 1050. The van der Waals surface area contributed by atoms with Crippen LogP contribution < -0.4 is 10.1 Å². The van der Waals surface area contributed by atoms with Gasteiger partial charge in [0.2, 0.25) is 5.91 Å². The fraction of sp³-hybridized carbons (Fsp3) is 0.227. The summed E-state index contributed by atoms with van der Waals surface area (Å²) < 4.78 is 5.95. The van der Waals surface area contributed by atoms with E-state index in [-0.39, 0.29) is 17.8 Å². The van der Waals surface area contributed by atoms with Gasteiger partial charge >= 0.3 is 0 Å². The number of halogens is 1. The average Bonchev–Trinajstić information content (AvgIpc) is 3.44. The number of ketones is 1. The van der Waals surface area contributed by atoms with E-state index in [0.29, 0.717) is 30.2 Å². The third-order valence-corrected chi connectivity index (χ3v) is 5.90. The van der Waals surface area contributed by atoms with Gasteiger partial charge in [0.05, 0.1) is 11.6 Å². The first-order valence-corrected chi connectivity index (χ1v) is 10.5. The number of Topliss-reactive ketones (excluding diaryl/α,β-unsaturated/α-hetero) is 1. The van der Waals surface area contributed by atoms with Crippen molar-refractivity contribution in [3.05, 3.63) is 68.7 Å². The van der Waals surface area contributed by atoms with Crippen LogP contribution in [0.15, 0.2) is 47.5 Å². The smallest absolute Gasteiger partial charge is 0.244 e. The summed E-state index contributed by atoms with van der Waals surface area (Å²) in [5, 5.41) is 6.05. The zero-order valence-corrected chi connectivity index (χ0v) is 17.3. The van der Waals surface area contributed by atoms with Crippen LogP contribution in [-0.2, 0) is 16.0 Å². The molecular weight excluding hydrogens is 408 g/mol. The highest BCUT2D eigenvalue weighted by atomic mass is 35.5. The van der Waals surface area contributed by atoms with Crippen LogP contribution in [0.25, 0.3) is 11.6 Å². The van der Waals surface area contributed by atoms with E-state index in [1.165, 1.54) is 17.4 Å². The quantitative estimate of drug-likeness (QED) is 0.702. The van der Waals surface area contributed by atoms with Crippen LogP contribution in [0.5, 0.6) is 5.75 Å². The number of aromatic nitrogens is 1. The molecule has 2 aromatic rings. The first-order chi connectivity index (χ1) is 14.0. The van der Waals surface area contributed by atoms with Gasteiger partial charge < -0.3 is 10.1 Å². The number of carbonyl (C=O) groups excluding carboxylic acids is 2. The van der Waals surface area contributed by atoms with Crippen LogP contribution >= 0.6 is 22.9 Å². The summed E-state index contributed by atoms with van der Waals surface area (Å²) in [6.07, 6.45) is 9.81. The second-order valence-corrected chi connectivity index (χ2v) is 8.29. The zero-order valence-electron chi connectivity index (χ0n) is 15.8. The van der Waals surface area contributed by atoms with Crippen LogP contribution in [0.2, 0.25) is 5.02 Å². The molecule has 1 aliphatic heterocycles. The predicted molar refractivity (Wildman–Crippen MR) is 115 cm³/mol. The maximum absolute atomic E-state index is 12.0. The molecule has 29 heavy (non-hydrogen) atoms. The molecule has 0 fully saturated rings. The fourth-order valence-electron chi connectivity index (χ4n) is 3.39. The van der Waals surface area contributed by atoms with Crippen molar-refractivity contribution >= 4 is 46.3 Å². The highest BCUT2D eigenvalue weighted by molar-refractivity contribution is 7.10. The van der Waals surface area contributed by atoms with Gasteiger partial charge in [0.15, 0.2) is 5.78 Å². The summed E-state index contributed by atoms with van der Waals surface area (Å²) in [5.41, 5.74) is 3.89. The Morgan fingerprint density at radius 2 is 2.24 bits per heavy atom.